The van der Waals surface area contributed by atoms with Crippen LogP contribution in [0.5, 0.6) is 0 Å². The molecule has 0 bridgehead atoms. The highest BCUT2D eigenvalue weighted by Crippen LogP contribution is 2.25. The maximum atomic E-state index is 12.4. The molecule has 0 saturated heterocycles. The fraction of sp³-hybridized carbons (Fsp3) is 0.167. The number of hydrogen-bond donors (Lipinski definition) is 2. The molecule has 6 heteroatoms. The van der Waals surface area contributed by atoms with Crippen molar-refractivity contribution in [1.29, 1.82) is 0 Å². The third-order valence-electron chi connectivity index (χ3n) is 4.14. The van der Waals surface area contributed by atoms with E-state index in [-0.39, 0.29) is 0 Å². The van der Waals surface area contributed by atoms with E-state index >= 15 is 0 Å². The number of nitrogens with zero attached hydrogens (tertiary/aromatic N) is 1. The van der Waals surface area contributed by atoms with Crippen molar-refractivity contribution >= 4 is 29.1 Å². The van der Waals surface area contributed by atoms with Crippen molar-refractivity contribution in [2.75, 3.05) is 11.1 Å². The highest BCUT2D eigenvalue weighted by molar-refractivity contribution is 6.23. The van der Waals surface area contributed by atoms with E-state index in [1.807, 2.05) is 6.92 Å². The Morgan fingerprint density at radius 2 is 1.67 bits per heavy atom. The van der Waals surface area contributed by atoms with Crippen molar-refractivity contribution in [2.24, 2.45) is 0 Å². The van der Waals surface area contributed by atoms with Crippen molar-refractivity contribution in [1.82, 2.24) is 4.90 Å². The summed E-state index contributed by atoms with van der Waals surface area (Å²) in [5, 5.41) is 2.69. The number of nitrogen functional groups attached to an aromatic ring is 1. The minimum absolute atomic E-state index is 0.321. The fourth-order valence-electron chi connectivity index (χ4n) is 2.64. The second-order valence-corrected chi connectivity index (χ2v) is 5.76. The number of carbonyl (C=O) groups is 3. The summed E-state index contributed by atoms with van der Waals surface area (Å²) < 4.78 is 0. The van der Waals surface area contributed by atoms with Crippen LogP contribution in [0, 0.1) is 6.92 Å². The zero-order valence-corrected chi connectivity index (χ0v) is 13.4. The van der Waals surface area contributed by atoms with Gasteiger partial charge in [0, 0.05) is 11.4 Å². The molecule has 1 unspecified atom stereocenters. The molecule has 2 aromatic carbocycles. The van der Waals surface area contributed by atoms with Gasteiger partial charge in [-0.2, -0.15) is 0 Å². The Morgan fingerprint density at radius 1 is 1.08 bits per heavy atom. The predicted octanol–water partition coefficient (Wildman–Crippen LogP) is 2.20. The second kappa shape index (κ2) is 5.81. The van der Waals surface area contributed by atoms with Crippen LogP contribution in [0.3, 0.4) is 0 Å². The molecule has 0 fully saturated rings. The average Bonchev–Trinajstić information content (AvgIpc) is 2.82. The smallest absolute Gasteiger partial charge is 0.262 e. The van der Waals surface area contributed by atoms with Gasteiger partial charge in [-0.25, -0.2) is 0 Å². The maximum Gasteiger partial charge on any atom is 0.262 e. The predicted molar refractivity (Wildman–Crippen MR) is 90.6 cm³/mol. The van der Waals surface area contributed by atoms with Crippen molar-refractivity contribution < 1.29 is 14.4 Å². The summed E-state index contributed by atoms with van der Waals surface area (Å²) >= 11 is 0. The van der Waals surface area contributed by atoms with Gasteiger partial charge in [0.2, 0.25) is 5.91 Å². The molecule has 1 heterocycles. The van der Waals surface area contributed by atoms with Crippen LogP contribution < -0.4 is 11.1 Å². The molecule has 122 valence electrons. The molecule has 0 spiro atoms. The number of imide groups is 1. The summed E-state index contributed by atoms with van der Waals surface area (Å²) in [6.07, 6.45) is 0. The lowest BCUT2D eigenvalue weighted by Crippen LogP contribution is -2.45. The number of amides is 3. The van der Waals surface area contributed by atoms with Gasteiger partial charge < -0.3 is 11.1 Å². The van der Waals surface area contributed by atoms with Crippen molar-refractivity contribution in [3.8, 4) is 0 Å². The molecule has 6 nitrogen and oxygen atoms in total. The van der Waals surface area contributed by atoms with Crippen LogP contribution in [0.1, 0.15) is 33.2 Å². The van der Waals surface area contributed by atoms with Crippen LogP contribution >= 0.6 is 0 Å². The first-order valence-electron chi connectivity index (χ1n) is 7.54. The van der Waals surface area contributed by atoms with E-state index in [9.17, 15) is 14.4 Å². The van der Waals surface area contributed by atoms with Gasteiger partial charge in [-0.3, -0.25) is 19.3 Å². The van der Waals surface area contributed by atoms with Crippen molar-refractivity contribution in [3.05, 3.63) is 59.2 Å². The maximum absolute atomic E-state index is 12.4. The van der Waals surface area contributed by atoms with Crippen LogP contribution in [0.4, 0.5) is 11.4 Å². The van der Waals surface area contributed by atoms with E-state index < -0.39 is 23.8 Å². The number of rotatable bonds is 3. The number of nitrogens with two attached hydrogens (primary N) is 1. The molecule has 1 aliphatic rings. The lowest BCUT2D eigenvalue weighted by molar-refractivity contribution is -0.119. The Bertz CT molecular complexity index is 825. The Labute approximate surface area is 139 Å². The zero-order chi connectivity index (χ0) is 17.4. The molecule has 2 aromatic rings. The summed E-state index contributed by atoms with van der Waals surface area (Å²) in [5.41, 5.74) is 8.45. The lowest BCUT2D eigenvalue weighted by Gasteiger charge is -2.21. The summed E-state index contributed by atoms with van der Waals surface area (Å²) in [7, 11) is 0. The van der Waals surface area contributed by atoms with E-state index in [1.54, 1.807) is 42.5 Å². The van der Waals surface area contributed by atoms with E-state index in [0.717, 1.165) is 10.5 Å². The third-order valence-corrected chi connectivity index (χ3v) is 4.14. The van der Waals surface area contributed by atoms with Gasteiger partial charge in [0.25, 0.3) is 11.8 Å². The molecule has 3 amide bonds. The largest absolute Gasteiger partial charge is 0.398 e. The molecular formula is C18H17N3O3. The normalized spacial score (nSPS) is 14.5. The lowest BCUT2D eigenvalue weighted by atomic mass is 10.1. The zero-order valence-electron chi connectivity index (χ0n) is 13.4. The molecule has 3 N–H and O–H groups in total. The van der Waals surface area contributed by atoms with Crippen LogP contribution in [-0.2, 0) is 4.79 Å². The first kappa shape index (κ1) is 15.7. The quantitative estimate of drug-likeness (QED) is 0.669. The SMILES string of the molecule is Cc1ccc(NC(=O)C(C)N2C(=O)c3ccccc3C2=O)cc1N. The first-order chi connectivity index (χ1) is 11.4. The minimum Gasteiger partial charge on any atom is -0.398 e. The van der Waals surface area contributed by atoms with E-state index in [2.05, 4.69) is 5.32 Å². The van der Waals surface area contributed by atoms with E-state index in [4.69, 9.17) is 5.73 Å². The Hall–Kier alpha value is -3.15. The molecule has 24 heavy (non-hydrogen) atoms. The highest BCUT2D eigenvalue weighted by Gasteiger charge is 2.40. The molecule has 0 radical (unpaired) electrons. The number of benzene rings is 2. The first-order valence-corrected chi connectivity index (χ1v) is 7.54. The molecule has 0 saturated carbocycles. The summed E-state index contributed by atoms with van der Waals surface area (Å²) in [4.78, 5) is 38.2. The van der Waals surface area contributed by atoms with E-state index in [1.165, 1.54) is 6.92 Å². The van der Waals surface area contributed by atoms with E-state index in [0.29, 0.717) is 22.5 Å². The van der Waals surface area contributed by atoms with Crippen molar-refractivity contribution in [3.63, 3.8) is 0 Å². The Balaban J connectivity index is 1.80. The topological polar surface area (TPSA) is 92.5 Å². The Kier molecular flexibility index (Phi) is 3.81. The number of anilines is 2. The molecule has 1 aliphatic heterocycles. The highest BCUT2D eigenvalue weighted by atomic mass is 16.2. The van der Waals surface area contributed by atoms with Crippen LogP contribution in [-0.4, -0.2) is 28.7 Å². The van der Waals surface area contributed by atoms with Gasteiger partial charge in [0.15, 0.2) is 0 Å². The average molecular weight is 323 g/mol. The van der Waals surface area contributed by atoms with Crippen molar-refractivity contribution in [2.45, 2.75) is 19.9 Å². The van der Waals surface area contributed by atoms with Gasteiger partial charge in [0.1, 0.15) is 6.04 Å². The van der Waals surface area contributed by atoms with Crippen LogP contribution in [0.15, 0.2) is 42.5 Å². The monoisotopic (exact) mass is 323 g/mol. The molecule has 0 aliphatic carbocycles. The number of carbonyl (C=O) groups excluding carboxylic acids is 3. The molecule has 1 atom stereocenters. The summed E-state index contributed by atoms with van der Waals surface area (Å²) in [6.45, 7) is 3.39. The number of hydrogen-bond acceptors (Lipinski definition) is 4. The number of fused-ring (bicyclic) bond motifs is 1. The van der Waals surface area contributed by atoms with Gasteiger partial charge >= 0.3 is 0 Å². The summed E-state index contributed by atoms with van der Waals surface area (Å²) in [6, 6.07) is 10.8. The van der Waals surface area contributed by atoms with Gasteiger partial charge in [-0.05, 0) is 43.7 Å². The molecular weight excluding hydrogens is 306 g/mol. The van der Waals surface area contributed by atoms with Gasteiger partial charge in [-0.15, -0.1) is 0 Å². The van der Waals surface area contributed by atoms with Crippen LogP contribution in [0.25, 0.3) is 0 Å². The molecule has 0 aromatic heterocycles. The summed E-state index contributed by atoms with van der Waals surface area (Å²) in [5.74, 6) is -1.36. The van der Waals surface area contributed by atoms with Crippen LogP contribution in [0.2, 0.25) is 0 Å². The molecule has 3 rings (SSSR count). The third kappa shape index (κ3) is 2.52. The second-order valence-electron chi connectivity index (χ2n) is 5.76. The number of nitrogens with one attached hydrogen (secondary N) is 1. The fourth-order valence-corrected chi connectivity index (χ4v) is 2.64. The minimum atomic E-state index is -0.931. The van der Waals surface area contributed by atoms with Gasteiger partial charge in [-0.1, -0.05) is 18.2 Å². The standard InChI is InChI=1S/C18H17N3O3/c1-10-7-8-12(9-15(10)19)20-16(22)11(2)21-17(23)13-5-3-4-6-14(13)18(21)24/h3-9,11H,19H2,1-2H3,(H,20,22). The van der Waals surface area contributed by atoms with Gasteiger partial charge in [0.05, 0.1) is 11.1 Å². The number of aryl methyl sites for hydroxylation is 1. The Morgan fingerprint density at radius 3 is 2.21 bits per heavy atom.